The molecule has 114 valence electrons. The molecule has 1 aliphatic carbocycles. The van der Waals surface area contributed by atoms with Gasteiger partial charge in [0.05, 0.1) is 6.54 Å². The summed E-state index contributed by atoms with van der Waals surface area (Å²) in [5.41, 5.74) is 0. The number of nitrogens with one attached hydrogen (secondary N) is 1. The minimum atomic E-state index is -4.11. The van der Waals surface area contributed by atoms with Gasteiger partial charge in [0, 0.05) is 12.1 Å². The average Bonchev–Trinajstić information content (AvgIpc) is 2.25. The predicted octanol–water partition coefficient (Wildman–Crippen LogP) is 3.28. The van der Waals surface area contributed by atoms with Crippen molar-refractivity contribution < 1.29 is 13.2 Å². The molecule has 1 fully saturated rings. The van der Waals surface area contributed by atoms with Gasteiger partial charge in [0.15, 0.2) is 0 Å². The summed E-state index contributed by atoms with van der Waals surface area (Å²) in [4.78, 5) is 1.64. The zero-order valence-corrected chi connectivity index (χ0v) is 12.4. The van der Waals surface area contributed by atoms with Crippen LogP contribution in [0.5, 0.6) is 0 Å². The van der Waals surface area contributed by atoms with E-state index >= 15 is 0 Å². The molecule has 0 aromatic heterocycles. The Morgan fingerprint density at radius 3 is 2.32 bits per heavy atom. The number of hydrogen-bond acceptors (Lipinski definition) is 2. The van der Waals surface area contributed by atoms with Gasteiger partial charge in [-0.25, -0.2) is 0 Å². The van der Waals surface area contributed by atoms with Crippen molar-refractivity contribution in [1.29, 1.82) is 0 Å². The zero-order valence-electron chi connectivity index (χ0n) is 12.4. The van der Waals surface area contributed by atoms with Crippen LogP contribution in [-0.4, -0.2) is 43.3 Å². The van der Waals surface area contributed by atoms with E-state index in [1.54, 1.807) is 4.90 Å². The van der Waals surface area contributed by atoms with Crippen molar-refractivity contribution in [3.05, 3.63) is 0 Å². The van der Waals surface area contributed by atoms with Crippen LogP contribution in [0.4, 0.5) is 13.2 Å². The smallest absolute Gasteiger partial charge is 0.315 e. The van der Waals surface area contributed by atoms with E-state index in [0.717, 1.165) is 19.3 Å². The fourth-order valence-corrected chi connectivity index (χ4v) is 3.59. The van der Waals surface area contributed by atoms with Gasteiger partial charge in [-0.05, 0) is 44.7 Å². The average molecular weight is 280 g/mol. The first-order valence-electron chi connectivity index (χ1n) is 7.26. The molecule has 1 aliphatic rings. The molecule has 19 heavy (non-hydrogen) atoms. The number of alkyl halides is 3. The number of hydrogen-bond donors (Lipinski definition) is 1. The summed E-state index contributed by atoms with van der Waals surface area (Å²) >= 11 is 0. The van der Waals surface area contributed by atoms with Gasteiger partial charge in [0.2, 0.25) is 0 Å². The van der Waals surface area contributed by atoms with Crippen LogP contribution in [-0.2, 0) is 0 Å². The lowest BCUT2D eigenvalue weighted by molar-refractivity contribution is -0.156. The number of rotatable bonds is 5. The first-order valence-corrected chi connectivity index (χ1v) is 7.26. The number of nitrogens with zero attached hydrogens (tertiary/aromatic N) is 1. The molecule has 0 aromatic rings. The molecule has 2 nitrogen and oxygen atoms in total. The van der Waals surface area contributed by atoms with Gasteiger partial charge in [0.25, 0.3) is 0 Å². The summed E-state index contributed by atoms with van der Waals surface area (Å²) in [7, 11) is 1.86. The van der Waals surface area contributed by atoms with E-state index in [1.807, 2.05) is 14.0 Å². The molecule has 4 unspecified atom stereocenters. The number of halogens is 3. The van der Waals surface area contributed by atoms with Crippen LogP contribution < -0.4 is 5.32 Å². The second-order valence-corrected chi connectivity index (χ2v) is 6.03. The minimum Gasteiger partial charge on any atom is -0.315 e. The first-order chi connectivity index (χ1) is 8.78. The molecule has 0 heterocycles. The van der Waals surface area contributed by atoms with E-state index in [0.29, 0.717) is 18.4 Å². The van der Waals surface area contributed by atoms with Crippen molar-refractivity contribution in [2.24, 2.45) is 11.8 Å². The van der Waals surface area contributed by atoms with E-state index in [-0.39, 0.29) is 12.1 Å². The van der Waals surface area contributed by atoms with E-state index in [1.165, 1.54) is 0 Å². The highest BCUT2D eigenvalue weighted by Gasteiger charge is 2.41. The van der Waals surface area contributed by atoms with Gasteiger partial charge < -0.3 is 5.32 Å². The summed E-state index contributed by atoms with van der Waals surface area (Å²) in [6.45, 7) is 5.94. The van der Waals surface area contributed by atoms with Crippen molar-refractivity contribution in [2.45, 2.75) is 58.3 Å². The van der Waals surface area contributed by atoms with Crippen LogP contribution in [0.3, 0.4) is 0 Å². The third-order valence-electron chi connectivity index (χ3n) is 4.11. The Kier molecular flexibility index (Phi) is 6.12. The summed E-state index contributed by atoms with van der Waals surface area (Å²) in [5.74, 6) is 0.883. The first kappa shape index (κ1) is 16.8. The molecule has 0 radical (unpaired) electrons. The highest BCUT2D eigenvalue weighted by atomic mass is 19.4. The second-order valence-electron chi connectivity index (χ2n) is 6.03. The van der Waals surface area contributed by atoms with Gasteiger partial charge >= 0.3 is 6.18 Å². The lowest BCUT2D eigenvalue weighted by Gasteiger charge is -2.46. The Morgan fingerprint density at radius 1 is 1.21 bits per heavy atom. The fraction of sp³-hybridized carbons (Fsp3) is 1.00. The summed E-state index contributed by atoms with van der Waals surface area (Å²) < 4.78 is 38.3. The monoisotopic (exact) mass is 280 g/mol. The molecule has 5 heteroatoms. The quantitative estimate of drug-likeness (QED) is 0.831. The minimum absolute atomic E-state index is 0.0113. The molecule has 0 aromatic carbocycles. The topological polar surface area (TPSA) is 15.3 Å². The standard InChI is InChI=1S/C14H27F3N2/c1-5-6-19(9-14(15,16)17)13-11(3)7-10(2)8-12(13)18-4/h10-13,18H,5-9H2,1-4H3. The molecule has 1 saturated carbocycles. The van der Waals surface area contributed by atoms with Crippen LogP contribution in [0.15, 0.2) is 0 Å². The van der Waals surface area contributed by atoms with Crippen LogP contribution in [0, 0.1) is 11.8 Å². The van der Waals surface area contributed by atoms with Crippen LogP contribution in [0.2, 0.25) is 0 Å². The maximum atomic E-state index is 12.8. The third-order valence-corrected chi connectivity index (χ3v) is 4.11. The SMILES string of the molecule is CCCN(CC(F)(F)F)C1C(C)CC(C)CC1NC. The van der Waals surface area contributed by atoms with Gasteiger partial charge in [-0.15, -0.1) is 0 Å². The maximum absolute atomic E-state index is 12.8. The molecule has 1 rings (SSSR count). The van der Waals surface area contributed by atoms with Crippen LogP contribution >= 0.6 is 0 Å². The van der Waals surface area contributed by atoms with E-state index < -0.39 is 12.7 Å². The highest BCUT2D eigenvalue weighted by Crippen LogP contribution is 2.33. The van der Waals surface area contributed by atoms with Crippen molar-refractivity contribution in [2.75, 3.05) is 20.1 Å². The van der Waals surface area contributed by atoms with Gasteiger partial charge in [-0.1, -0.05) is 20.8 Å². The van der Waals surface area contributed by atoms with Crippen molar-refractivity contribution in [3.63, 3.8) is 0 Å². The molecule has 0 saturated heterocycles. The normalized spacial score (nSPS) is 32.8. The molecular weight excluding hydrogens is 253 g/mol. The Bertz CT molecular complexity index is 268. The Hall–Kier alpha value is -0.290. The van der Waals surface area contributed by atoms with Crippen LogP contribution in [0.25, 0.3) is 0 Å². The molecule has 0 bridgehead atoms. The van der Waals surface area contributed by atoms with Crippen LogP contribution in [0.1, 0.15) is 40.0 Å². The summed E-state index contributed by atoms with van der Waals surface area (Å²) in [6.07, 6.45) is -1.38. The number of likely N-dealkylation sites (N-methyl/N-ethyl adjacent to an activating group) is 1. The van der Waals surface area contributed by atoms with E-state index in [2.05, 4.69) is 19.2 Å². The predicted molar refractivity (Wildman–Crippen MR) is 72.1 cm³/mol. The molecule has 4 atom stereocenters. The molecule has 0 spiro atoms. The van der Waals surface area contributed by atoms with Crippen molar-refractivity contribution in [3.8, 4) is 0 Å². The molecule has 1 N–H and O–H groups in total. The highest BCUT2D eigenvalue weighted by molar-refractivity contribution is 4.94. The Labute approximate surface area is 114 Å². The Morgan fingerprint density at radius 2 is 1.84 bits per heavy atom. The van der Waals surface area contributed by atoms with Gasteiger partial charge in [-0.2, -0.15) is 13.2 Å². The molecular formula is C14H27F3N2. The lowest BCUT2D eigenvalue weighted by Crippen LogP contribution is -2.57. The summed E-state index contributed by atoms with van der Waals surface area (Å²) in [5, 5.41) is 3.23. The summed E-state index contributed by atoms with van der Waals surface area (Å²) in [6, 6.07) is 0.149. The largest absolute Gasteiger partial charge is 0.401 e. The van der Waals surface area contributed by atoms with Crippen molar-refractivity contribution in [1.82, 2.24) is 10.2 Å². The third kappa shape index (κ3) is 4.95. The Balaban J connectivity index is 2.84. The van der Waals surface area contributed by atoms with Gasteiger partial charge in [-0.3, -0.25) is 4.90 Å². The second kappa shape index (κ2) is 6.93. The van der Waals surface area contributed by atoms with Crippen molar-refractivity contribution >= 4 is 0 Å². The zero-order chi connectivity index (χ0) is 14.6. The van der Waals surface area contributed by atoms with Gasteiger partial charge in [0.1, 0.15) is 0 Å². The lowest BCUT2D eigenvalue weighted by atomic mass is 9.75. The van der Waals surface area contributed by atoms with E-state index in [9.17, 15) is 13.2 Å². The van der Waals surface area contributed by atoms with E-state index in [4.69, 9.17) is 0 Å². The molecule has 0 amide bonds. The fourth-order valence-electron chi connectivity index (χ4n) is 3.59. The molecule has 0 aliphatic heterocycles. The maximum Gasteiger partial charge on any atom is 0.401 e.